The van der Waals surface area contributed by atoms with Gasteiger partial charge in [-0.2, -0.15) is 0 Å². The molecule has 0 aliphatic heterocycles. The van der Waals surface area contributed by atoms with Gasteiger partial charge in [-0.15, -0.1) is 11.8 Å². The molecule has 1 amide bonds. The number of nitrogens with one attached hydrogen (secondary N) is 1. The molecule has 0 atom stereocenters. The van der Waals surface area contributed by atoms with Crippen LogP contribution >= 0.6 is 11.8 Å². The molecule has 2 rings (SSSR count). The fourth-order valence-corrected chi connectivity index (χ4v) is 2.96. The van der Waals surface area contributed by atoms with Crippen LogP contribution in [0.3, 0.4) is 0 Å². The highest BCUT2D eigenvalue weighted by atomic mass is 32.2. The molecule has 2 aromatic carbocycles. The Morgan fingerprint density at radius 2 is 1.96 bits per heavy atom. The van der Waals surface area contributed by atoms with Crippen molar-refractivity contribution in [1.29, 1.82) is 0 Å². The molecule has 2 aromatic rings. The fraction of sp³-hybridized carbons (Fsp3) is 0.278. The molecule has 0 aliphatic rings. The number of benzene rings is 2. The third-order valence-electron chi connectivity index (χ3n) is 3.41. The maximum atomic E-state index is 13.1. The number of halogens is 2. The van der Waals surface area contributed by atoms with E-state index in [9.17, 15) is 13.6 Å². The van der Waals surface area contributed by atoms with E-state index in [1.165, 1.54) is 6.07 Å². The summed E-state index contributed by atoms with van der Waals surface area (Å²) in [6.45, 7) is 2.48. The number of thioether (sulfide) groups is 1. The van der Waals surface area contributed by atoms with Crippen LogP contribution in [0.2, 0.25) is 0 Å². The molecular weight excluding hydrogens is 332 g/mol. The molecule has 0 aliphatic carbocycles. The first-order chi connectivity index (χ1) is 11.5. The topological polar surface area (TPSA) is 38.3 Å². The predicted octanol–water partition coefficient (Wildman–Crippen LogP) is 3.73. The van der Waals surface area contributed by atoms with Gasteiger partial charge in [-0.25, -0.2) is 8.78 Å². The van der Waals surface area contributed by atoms with Crippen molar-refractivity contribution in [2.24, 2.45) is 0 Å². The molecule has 128 valence electrons. The molecular formula is C18H19F2NO2S. The van der Waals surface area contributed by atoms with Gasteiger partial charge in [0.1, 0.15) is 5.75 Å². The van der Waals surface area contributed by atoms with Crippen LogP contribution in [0.15, 0.2) is 41.3 Å². The maximum absolute atomic E-state index is 13.1. The van der Waals surface area contributed by atoms with Crippen LogP contribution in [0.4, 0.5) is 8.78 Å². The highest BCUT2D eigenvalue weighted by molar-refractivity contribution is 8.00. The second-order valence-corrected chi connectivity index (χ2v) is 6.33. The lowest BCUT2D eigenvalue weighted by Crippen LogP contribution is -2.27. The summed E-state index contributed by atoms with van der Waals surface area (Å²) in [5, 5.41) is 2.82. The van der Waals surface area contributed by atoms with Crippen molar-refractivity contribution in [3.63, 3.8) is 0 Å². The van der Waals surface area contributed by atoms with Crippen LogP contribution in [0.25, 0.3) is 0 Å². The normalized spacial score (nSPS) is 10.5. The van der Waals surface area contributed by atoms with Crippen LogP contribution in [0.1, 0.15) is 11.1 Å². The zero-order chi connectivity index (χ0) is 17.5. The summed E-state index contributed by atoms with van der Waals surface area (Å²) in [6, 6.07) is 9.50. The second kappa shape index (κ2) is 8.68. The molecule has 1 N–H and O–H groups in total. The van der Waals surface area contributed by atoms with Crippen molar-refractivity contribution in [1.82, 2.24) is 5.32 Å². The van der Waals surface area contributed by atoms with Gasteiger partial charge in [0, 0.05) is 11.4 Å². The van der Waals surface area contributed by atoms with E-state index in [0.717, 1.165) is 40.8 Å². The van der Waals surface area contributed by atoms with E-state index in [1.807, 2.05) is 25.1 Å². The van der Waals surface area contributed by atoms with E-state index in [4.69, 9.17) is 4.74 Å². The third kappa shape index (κ3) is 5.23. The fourth-order valence-electron chi connectivity index (χ4n) is 2.21. The van der Waals surface area contributed by atoms with Crippen molar-refractivity contribution < 1.29 is 18.3 Å². The SMILES string of the molecule is COc1ccc(C)cc1CCNC(=O)CSc1ccc(F)c(F)c1. The first kappa shape index (κ1) is 18.3. The molecule has 3 nitrogen and oxygen atoms in total. The Morgan fingerprint density at radius 3 is 2.67 bits per heavy atom. The monoisotopic (exact) mass is 351 g/mol. The molecule has 0 unspecified atom stereocenters. The Morgan fingerprint density at radius 1 is 1.17 bits per heavy atom. The molecule has 24 heavy (non-hydrogen) atoms. The molecule has 0 fully saturated rings. The van der Waals surface area contributed by atoms with Crippen molar-refractivity contribution in [2.75, 3.05) is 19.4 Å². The quantitative estimate of drug-likeness (QED) is 0.773. The Balaban J connectivity index is 1.79. The third-order valence-corrected chi connectivity index (χ3v) is 4.41. The van der Waals surface area contributed by atoms with Gasteiger partial charge in [-0.3, -0.25) is 4.79 Å². The number of rotatable bonds is 7. The summed E-state index contributed by atoms with van der Waals surface area (Å²) in [5.74, 6) is -1.01. The van der Waals surface area contributed by atoms with Crippen LogP contribution in [-0.2, 0) is 11.2 Å². The first-order valence-corrected chi connectivity index (χ1v) is 8.46. The van der Waals surface area contributed by atoms with Crippen LogP contribution < -0.4 is 10.1 Å². The van der Waals surface area contributed by atoms with Gasteiger partial charge < -0.3 is 10.1 Å². The number of carbonyl (C=O) groups is 1. The minimum atomic E-state index is -0.910. The van der Waals surface area contributed by atoms with Gasteiger partial charge in [0.25, 0.3) is 0 Å². The maximum Gasteiger partial charge on any atom is 0.230 e. The number of carbonyl (C=O) groups excluding carboxylic acids is 1. The number of methoxy groups -OCH3 is 1. The number of aryl methyl sites for hydroxylation is 1. The van der Waals surface area contributed by atoms with Crippen molar-refractivity contribution in [3.8, 4) is 5.75 Å². The zero-order valence-corrected chi connectivity index (χ0v) is 14.4. The Hall–Kier alpha value is -2.08. The lowest BCUT2D eigenvalue weighted by molar-refractivity contribution is -0.118. The number of hydrogen-bond donors (Lipinski definition) is 1. The molecule has 0 heterocycles. The Kier molecular flexibility index (Phi) is 6.61. The van der Waals surface area contributed by atoms with E-state index in [-0.39, 0.29) is 11.7 Å². The average molecular weight is 351 g/mol. The molecule has 6 heteroatoms. The van der Waals surface area contributed by atoms with Crippen LogP contribution in [-0.4, -0.2) is 25.3 Å². The zero-order valence-electron chi connectivity index (χ0n) is 13.6. The minimum absolute atomic E-state index is 0.149. The van der Waals surface area contributed by atoms with E-state index in [1.54, 1.807) is 7.11 Å². The molecule has 0 saturated carbocycles. The van der Waals surface area contributed by atoms with Gasteiger partial charge in [0.05, 0.1) is 12.9 Å². The first-order valence-electron chi connectivity index (χ1n) is 7.47. The Labute approximate surface area is 144 Å². The van der Waals surface area contributed by atoms with Gasteiger partial charge in [-0.1, -0.05) is 17.7 Å². The number of hydrogen-bond acceptors (Lipinski definition) is 3. The molecule has 0 spiro atoms. The summed E-state index contributed by atoms with van der Waals surface area (Å²) in [6.07, 6.45) is 0.659. The van der Waals surface area contributed by atoms with Crippen molar-refractivity contribution in [3.05, 3.63) is 59.2 Å². The van der Waals surface area contributed by atoms with Crippen LogP contribution in [0, 0.1) is 18.6 Å². The highest BCUT2D eigenvalue weighted by Gasteiger charge is 2.07. The van der Waals surface area contributed by atoms with E-state index < -0.39 is 11.6 Å². The summed E-state index contributed by atoms with van der Waals surface area (Å²) < 4.78 is 31.2. The smallest absolute Gasteiger partial charge is 0.230 e. The summed E-state index contributed by atoms with van der Waals surface area (Å²) in [7, 11) is 1.62. The number of ether oxygens (including phenoxy) is 1. The summed E-state index contributed by atoms with van der Waals surface area (Å²) >= 11 is 1.16. The summed E-state index contributed by atoms with van der Waals surface area (Å²) in [4.78, 5) is 12.4. The molecule has 0 radical (unpaired) electrons. The standard InChI is InChI=1S/C18H19F2NO2S/c1-12-3-6-17(23-2)13(9-12)7-8-21-18(22)11-24-14-4-5-15(19)16(20)10-14/h3-6,9-10H,7-8,11H2,1-2H3,(H,21,22). The average Bonchev–Trinajstić information content (AvgIpc) is 2.56. The molecule has 0 aromatic heterocycles. The van der Waals surface area contributed by atoms with E-state index >= 15 is 0 Å². The van der Waals surface area contributed by atoms with Gasteiger partial charge in [0.2, 0.25) is 5.91 Å². The van der Waals surface area contributed by atoms with Crippen LogP contribution in [0.5, 0.6) is 5.75 Å². The van der Waals surface area contributed by atoms with Gasteiger partial charge in [-0.05, 0) is 43.2 Å². The van der Waals surface area contributed by atoms with Gasteiger partial charge in [0.15, 0.2) is 11.6 Å². The van der Waals surface area contributed by atoms with Crippen molar-refractivity contribution in [2.45, 2.75) is 18.2 Å². The predicted molar refractivity (Wildman–Crippen MR) is 91.5 cm³/mol. The van der Waals surface area contributed by atoms with Crippen molar-refractivity contribution >= 4 is 17.7 Å². The molecule has 0 saturated heterocycles. The van der Waals surface area contributed by atoms with E-state index in [2.05, 4.69) is 5.32 Å². The summed E-state index contributed by atoms with van der Waals surface area (Å²) in [5.41, 5.74) is 2.16. The second-order valence-electron chi connectivity index (χ2n) is 5.28. The largest absolute Gasteiger partial charge is 0.496 e. The lowest BCUT2D eigenvalue weighted by atomic mass is 10.1. The van der Waals surface area contributed by atoms with E-state index in [0.29, 0.717) is 17.9 Å². The molecule has 0 bridgehead atoms. The Bertz CT molecular complexity index is 722. The number of amides is 1. The highest BCUT2D eigenvalue weighted by Crippen LogP contribution is 2.21. The van der Waals surface area contributed by atoms with Gasteiger partial charge >= 0.3 is 0 Å². The lowest BCUT2D eigenvalue weighted by Gasteiger charge is -2.10. The minimum Gasteiger partial charge on any atom is -0.496 e.